The van der Waals surface area contributed by atoms with Crippen LogP contribution in [0.5, 0.6) is 0 Å². The highest BCUT2D eigenvalue weighted by Crippen LogP contribution is 2.39. The topological polar surface area (TPSA) is 38.8 Å². The van der Waals surface area contributed by atoms with Gasteiger partial charge in [0.1, 0.15) is 0 Å². The molecule has 0 radical (unpaired) electrons. The summed E-state index contributed by atoms with van der Waals surface area (Å²) < 4.78 is 0. The molecule has 0 aromatic rings. The number of fused-ring (bicyclic) bond motifs is 3. The lowest BCUT2D eigenvalue weighted by molar-refractivity contribution is 0.0640. The zero-order valence-corrected chi connectivity index (χ0v) is 15.4. The van der Waals surface area contributed by atoms with Crippen LogP contribution in [0.15, 0.2) is 35.2 Å². The predicted octanol–water partition coefficient (Wildman–Crippen LogP) is 3.03. The molecule has 6 aliphatic rings. The summed E-state index contributed by atoms with van der Waals surface area (Å²) in [5.74, 6) is 0.664. The molecule has 0 aromatic carbocycles. The summed E-state index contributed by atoms with van der Waals surface area (Å²) in [6, 6.07) is 0.392. The van der Waals surface area contributed by atoms with E-state index >= 15 is 0 Å². The highest BCUT2D eigenvalue weighted by atomic mass is 35.5. The Bertz CT molecular complexity index is 648. The van der Waals surface area contributed by atoms with E-state index in [4.69, 9.17) is 0 Å². The molecule has 5 nitrogen and oxygen atoms in total. The van der Waals surface area contributed by atoms with Gasteiger partial charge in [-0.1, -0.05) is 12.2 Å². The number of piperidine rings is 3. The number of nitrogens with zero attached hydrogens (tertiary/aromatic N) is 3. The minimum atomic E-state index is 0. The van der Waals surface area contributed by atoms with Crippen molar-refractivity contribution in [3.8, 4) is 0 Å². The third-order valence-electron chi connectivity index (χ3n) is 6.34. The van der Waals surface area contributed by atoms with E-state index in [9.17, 15) is 4.79 Å². The van der Waals surface area contributed by atoms with Gasteiger partial charge in [-0.2, -0.15) is 0 Å². The molecule has 6 rings (SSSR count). The maximum atomic E-state index is 13.0. The first-order chi connectivity index (χ1) is 11.8. The summed E-state index contributed by atoms with van der Waals surface area (Å²) in [6.07, 6.45) is 13.6. The molecule has 4 saturated heterocycles. The number of amides is 2. The number of rotatable bonds is 1. The number of hydrazine groups is 1. The molecule has 5 aliphatic heterocycles. The summed E-state index contributed by atoms with van der Waals surface area (Å²) in [5.41, 5.74) is 4.17. The molecule has 136 valence electrons. The predicted molar refractivity (Wildman–Crippen MR) is 100.0 cm³/mol. The lowest BCUT2D eigenvalue weighted by atomic mass is 9.84. The van der Waals surface area contributed by atoms with E-state index in [2.05, 4.69) is 33.6 Å². The van der Waals surface area contributed by atoms with E-state index in [0.29, 0.717) is 12.0 Å². The van der Waals surface area contributed by atoms with Gasteiger partial charge in [0.15, 0.2) is 0 Å². The standard InChI is InChI=1S/C19H26N4O.ClH/c24-19(20-17-13-21-10-7-14(17)8-11-21)23-12-16-6-3-5-15-4-1-2-9-22(23)18(15)16;/h2,6,9,14,17H,1,3-5,7-8,10-13H2,(H,20,24);1H. The average Bonchev–Trinajstić information content (AvgIpc) is 2.85. The van der Waals surface area contributed by atoms with Crippen molar-refractivity contribution in [2.75, 3.05) is 26.2 Å². The van der Waals surface area contributed by atoms with Crippen LogP contribution in [0.2, 0.25) is 0 Å². The van der Waals surface area contributed by atoms with Crippen molar-refractivity contribution in [3.63, 3.8) is 0 Å². The SMILES string of the molecule is Cl.O=C(NC1CN2CCC1CC2)N1CC2=CCCC3=C2N1C=CCC3. The Hall–Kier alpha value is -1.46. The third-order valence-corrected chi connectivity index (χ3v) is 6.34. The van der Waals surface area contributed by atoms with E-state index in [0.717, 1.165) is 38.8 Å². The second-order valence-electron chi connectivity index (χ2n) is 7.74. The summed E-state index contributed by atoms with van der Waals surface area (Å²) >= 11 is 0. The zero-order chi connectivity index (χ0) is 16.1. The first-order valence-corrected chi connectivity index (χ1v) is 9.47. The van der Waals surface area contributed by atoms with Crippen LogP contribution in [0.1, 0.15) is 38.5 Å². The first kappa shape index (κ1) is 17.0. The number of hydrogen-bond donors (Lipinski definition) is 1. The van der Waals surface area contributed by atoms with Gasteiger partial charge < -0.3 is 10.2 Å². The Morgan fingerprint density at radius 3 is 2.72 bits per heavy atom. The Labute approximate surface area is 155 Å². The van der Waals surface area contributed by atoms with Crippen LogP contribution >= 0.6 is 12.4 Å². The summed E-state index contributed by atoms with van der Waals surface area (Å²) in [5, 5.41) is 7.37. The second kappa shape index (κ2) is 6.69. The molecule has 5 heterocycles. The van der Waals surface area contributed by atoms with Gasteiger partial charge in [-0.05, 0) is 68.7 Å². The number of halogens is 1. The lowest BCUT2D eigenvalue weighted by Crippen LogP contribution is -2.59. The van der Waals surface area contributed by atoms with E-state index in [-0.39, 0.29) is 18.4 Å². The van der Waals surface area contributed by atoms with Gasteiger partial charge in [0, 0.05) is 18.8 Å². The zero-order valence-electron chi connectivity index (χ0n) is 14.6. The van der Waals surface area contributed by atoms with E-state index in [1.54, 1.807) is 0 Å². The van der Waals surface area contributed by atoms with Crippen LogP contribution in [-0.2, 0) is 0 Å². The fourth-order valence-corrected chi connectivity index (χ4v) is 5.03. The summed E-state index contributed by atoms with van der Waals surface area (Å²) in [6.45, 7) is 4.16. The van der Waals surface area contributed by atoms with Crippen molar-refractivity contribution in [2.45, 2.75) is 44.6 Å². The molecule has 25 heavy (non-hydrogen) atoms. The smallest absolute Gasteiger partial charge is 0.332 e. The third kappa shape index (κ3) is 2.87. The highest BCUT2D eigenvalue weighted by molar-refractivity contribution is 5.85. The fourth-order valence-electron chi connectivity index (χ4n) is 5.03. The van der Waals surface area contributed by atoms with Gasteiger partial charge in [0.05, 0.1) is 12.2 Å². The van der Waals surface area contributed by atoms with E-state index in [1.165, 1.54) is 42.8 Å². The van der Waals surface area contributed by atoms with E-state index in [1.807, 2.05) is 5.01 Å². The molecule has 1 atom stereocenters. The van der Waals surface area contributed by atoms with Gasteiger partial charge in [-0.3, -0.25) is 5.01 Å². The maximum Gasteiger partial charge on any atom is 0.337 e. The monoisotopic (exact) mass is 362 g/mol. The van der Waals surface area contributed by atoms with Crippen LogP contribution in [0.3, 0.4) is 0 Å². The van der Waals surface area contributed by atoms with Crippen molar-refractivity contribution >= 4 is 18.4 Å². The molecular weight excluding hydrogens is 336 g/mol. The van der Waals surface area contributed by atoms with Crippen molar-refractivity contribution in [1.29, 1.82) is 0 Å². The van der Waals surface area contributed by atoms with Crippen LogP contribution in [-0.4, -0.2) is 53.2 Å². The van der Waals surface area contributed by atoms with E-state index < -0.39 is 0 Å². The Kier molecular flexibility index (Phi) is 4.54. The van der Waals surface area contributed by atoms with Crippen molar-refractivity contribution in [1.82, 2.24) is 20.2 Å². The fraction of sp³-hybridized carbons (Fsp3) is 0.632. The molecule has 0 aromatic heterocycles. The Balaban J connectivity index is 0.00000157. The van der Waals surface area contributed by atoms with Gasteiger partial charge >= 0.3 is 6.03 Å². The maximum absolute atomic E-state index is 13.0. The number of carbonyl (C=O) groups excluding carboxylic acids is 1. The van der Waals surface area contributed by atoms with Gasteiger partial charge in [-0.25, -0.2) is 9.80 Å². The summed E-state index contributed by atoms with van der Waals surface area (Å²) in [4.78, 5) is 15.5. The Morgan fingerprint density at radius 2 is 1.96 bits per heavy atom. The van der Waals surface area contributed by atoms with Crippen LogP contribution < -0.4 is 5.32 Å². The largest absolute Gasteiger partial charge is 0.337 e. The minimum Gasteiger partial charge on any atom is -0.332 e. The lowest BCUT2D eigenvalue weighted by Gasteiger charge is -2.45. The van der Waals surface area contributed by atoms with Crippen LogP contribution in [0.4, 0.5) is 4.79 Å². The molecule has 0 spiro atoms. The quantitative estimate of drug-likeness (QED) is 0.779. The highest BCUT2D eigenvalue weighted by Gasteiger charge is 2.39. The number of carbonyl (C=O) groups is 1. The van der Waals surface area contributed by atoms with Crippen molar-refractivity contribution < 1.29 is 4.79 Å². The Morgan fingerprint density at radius 1 is 1.16 bits per heavy atom. The number of nitrogens with one attached hydrogen (secondary N) is 1. The molecule has 4 fully saturated rings. The molecule has 1 unspecified atom stereocenters. The first-order valence-electron chi connectivity index (χ1n) is 9.47. The molecule has 2 amide bonds. The number of allylic oxidation sites excluding steroid dienone is 3. The molecule has 1 aliphatic carbocycles. The average molecular weight is 363 g/mol. The van der Waals surface area contributed by atoms with Crippen LogP contribution in [0, 0.1) is 5.92 Å². The molecular formula is C19H27ClN4O. The van der Waals surface area contributed by atoms with Crippen LogP contribution in [0.25, 0.3) is 0 Å². The second-order valence-corrected chi connectivity index (χ2v) is 7.74. The minimum absolute atomic E-state index is 0. The van der Waals surface area contributed by atoms with Crippen molar-refractivity contribution in [3.05, 3.63) is 35.2 Å². The molecule has 6 heteroatoms. The molecule has 2 bridgehead atoms. The van der Waals surface area contributed by atoms with Gasteiger partial charge in [0.2, 0.25) is 0 Å². The summed E-state index contributed by atoms with van der Waals surface area (Å²) in [7, 11) is 0. The number of urea groups is 1. The number of hydrogen-bond acceptors (Lipinski definition) is 3. The molecule has 0 saturated carbocycles. The van der Waals surface area contributed by atoms with Crippen molar-refractivity contribution in [2.24, 2.45) is 5.92 Å². The van der Waals surface area contributed by atoms with Gasteiger partial charge in [0.25, 0.3) is 0 Å². The normalized spacial score (nSPS) is 32.8. The van der Waals surface area contributed by atoms with Gasteiger partial charge in [-0.15, -0.1) is 12.4 Å². The molecule has 1 N–H and O–H groups in total.